The maximum absolute atomic E-state index is 14.1. The van der Waals surface area contributed by atoms with Crippen molar-refractivity contribution in [3.05, 3.63) is 0 Å². The van der Waals surface area contributed by atoms with Crippen LogP contribution in [0.15, 0.2) is 0 Å². The van der Waals surface area contributed by atoms with Crippen LogP contribution in [0.25, 0.3) is 0 Å². The van der Waals surface area contributed by atoms with Crippen molar-refractivity contribution in [1.82, 2.24) is 0 Å². The van der Waals surface area contributed by atoms with E-state index in [2.05, 4.69) is 14.2 Å². The van der Waals surface area contributed by atoms with Gasteiger partial charge in [-0.3, -0.25) is 4.55 Å². The van der Waals surface area contributed by atoms with E-state index in [0.717, 1.165) is 26.2 Å². The first-order valence-corrected chi connectivity index (χ1v) is 13.7. The summed E-state index contributed by atoms with van der Waals surface area (Å²) in [7, 11) is -6.49. The van der Waals surface area contributed by atoms with E-state index in [1.165, 1.54) is 0 Å². The molecule has 39 heavy (non-hydrogen) atoms. The van der Waals surface area contributed by atoms with Crippen LogP contribution in [0.1, 0.15) is 64.7 Å². The first-order valence-electron chi connectivity index (χ1n) is 12.3. The number of halogens is 7. The molecular weight excluding hydrogens is 573 g/mol. The van der Waals surface area contributed by atoms with Crippen molar-refractivity contribution in [1.29, 1.82) is 0 Å². The summed E-state index contributed by atoms with van der Waals surface area (Å²) in [6.45, 7) is -0.662. The normalized spacial score (nSPS) is 28.6. The number of ether oxygens (including phenoxy) is 4. The fourth-order valence-electron chi connectivity index (χ4n) is 6.08. The summed E-state index contributed by atoms with van der Waals surface area (Å²) < 4.78 is 144. The highest BCUT2D eigenvalue weighted by Gasteiger charge is 2.69. The molecule has 9 nitrogen and oxygen atoms in total. The van der Waals surface area contributed by atoms with E-state index in [1.54, 1.807) is 0 Å². The molecule has 0 saturated heterocycles. The van der Waals surface area contributed by atoms with Crippen molar-refractivity contribution in [2.24, 2.45) is 17.8 Å². The maximum Gasteiger partial charge on any atom is 0.512 e. The third kappa shape index (κ3) is 6.39. The SMILES string of the molecule is CCOC(=O)C(OCCCCC(F)(F)C(F)(F)S(=O)(=O)O)(OC(=O)OC12CC3CC(CC(C3)C1)C2)C(F)(F)F. The van der Waals surface area contributed by atoms with Gasteiger partial charge in [-0.15, -0.1) is 0 Å². The summed E-state index contributed by atoms with van der Waals surface area (Å²) in [5.41, 5.74) is -1.05. The van der Waals surface area contributed by atoms with Crippen LogP contribution in [0.3, 0.4) is 0 Å². The number of hydrogen-bond acceptors (Lipinski definition) is 8. The molecule has 0 amide bonds. The van der Waals surface area contributed by atoms with Gasteiger partial charge in [-0.1, -0.05) is 0 Å². The van der Waals surface area contributed by atoms with Gasteiger partial charge in [0.15, 0.2) is 0 Å². The van der Waals surface area contributed by atoms with E-state index in [0.29, 0.717) is 19.3 Å². The summed E-state index contributed by atoms with van der Waals surface area (Å²) in [6.07, 6.45) is -7.29. The molecule has 17 heteroatoms. The maximum atomic E-state index is 14.1. The second-order valence-electron chi connectivity index (χ2n) is 10.4. The monoisotopic (exact) mass is 602 g/mol. The van der Waals surface area contributed by atoms with Gasteiger partial charge in [-0.25, -0.2) is 9.59 Å². The Morgan fingerprint density at radius 3 is 1.87 bits per heavy atom. The van der Waals surface area contributed by atoms with Crippen molar-refractivity contribution in [2.45, 2.75) is 93.5 Å². The number of alkyl halides is 7. The number of carbonyl (C=O) groups is 2. The smallest absolute Gasteiger partial charge is 0.461 e. The molecule has 4 saturated carbocycles. The Hall–Kier alpha value is -1.88. The second kappa shape index (κ2) is 10.8. The van der Waals surface area contributed by atoms with Gasteiger partial charge in [-0.05, 0) is 76.0 Å². The first kappa shape index (κ1) is 31.6. The highest BCUT2D eigenvalue weighted by molar-refractivity contribution is 7.87. The molecule has 4 aliphatic carbocycles. The van der Waals surface area contributed by atoms with E-state index in [9.17, 15) is 48.7 Å². The quantitative estimate of drug-likeness (QED) is 0.105. The Balaban J connectivity index is 1.69. The molecule has 0 heterocycles. The highest BCUT2D eigenvalue weighted by atomic mass is 32.2. The zero-order valence-corrected chi connectivity index (χ0v) is 21.6. The third-order valence-corrected chi connectivity index (χ3v) is 8.31. The number of hydrogen-bond donors (Lipinski definition) is 1. The Bertz CT molecular complexity index is 996. The average molecular weight is 603 g/mol. The van der Waals surface area contributed by atoms with Gasteiger partial charge in [0.05, 0.1) is 13.2 Å². The van der Waals surface area contributed by atoms with Crippen LogP contribution >= 0.6 is 0 Å². The molecule has 1 atom stereocenters. The lowest BCUT2D eigenvalue weighted by molar-refractivity contribution is -0.356. The highest BCUT2D eigenvalue weighted by Crippen LogP contribution is 2.57. The minimum atomic E-state index is -6.49. The molecule has 0 aromatic rings. The Morgan fingerprint density at radius 1 is 0.923 bits per heavy atom. The molecule has 226 valence electrons. The minimum absolute atomic E-state index is 0.240. The van der Waals surface area contributed by atoms with Crippen LogP contribution in [0.4, 0.5) is 35.5 Å². The van der Waals surface area contributed by atoms with Crippen LogP contribution in [0.5, 0.6) is 0 Å². The van der Waals surface area contributed by atoms with Gasteiger partial charge in [-0.2, -0.15) is 39.2 Å². The topological polar surface area (TPSA) is 125 Å². The van der Waals surface area contributed by atoms with Crippen LogP contribution in [-0.2, 0) is 33.9 Å². The lowest BCUT2D eigenvalue weighted by Gasteiger charge is -2.55. The molecule has 0 aliphatic heterocycles. The standard InChI is InChI=1S/C22H29F7O9S/c1-2-35-16(30)20(21(25,26)27,36-6-4-3-5-19(23,24)22(28,29)39(32,33)34)38-17(31)37-18-10-13-7-14(11-18)9-15(8-13)12-18/h13-15H,2-12H2,1H3,(H,32,33,34). The average Bonchev–Trinajstić information content (AvgIpc) is 2.75. The Kier molecular flexibility index (Phi) is 8.79. The summed E-state index contributed by atoms with van der Waals surface area (Å²) in [5, 5.41) is -5.86. The van der Waals surface area contributed by atoms with Gasteiger partial charge in [0.2, 0.25) is 0 Å². The molecule has 4 aliphatic rings. The van der Waals surface area contributed by atoms with Crippen LogP contribution in [0, 0.1) is 17.8 Å². The van der Waals surface area contributed by atoms with Gasteiger partial charge >= 0.3 is 45.4 Å². The van der Waals surface area contributed by atoms with Crippen molar-refractivity contribution >= 4 is 22.2 Å². The van der Waals surface area contributed by atoms with E-state index in [1.807, 2.05) is 0 Å². The lowest BCUT2D eigenvalue weighted by atomic mass is 9.54. The predicted octanol–water partition coefficient (Wildman–Crippen LogP) is 5.23. The molecule has 0 spiro atoms. The lowest BCUT2D eigenvalue weighted by Crippen LogP contribution is -2.59. The van der Waals surface area contributed by atoms with E-state index in [4.69, 9.17) is 9.29 Å². The van der Waals surface area contributed by atoms with Gasteiger partial charge in [0.25, 0.3) is 0 Å². The zero-order valence-electron chi connectivity index (χ0n) is 20.8. The summed E-state index contributed by atoms with van der Waals surface area (Å²) in [4.78, 5) is 25.0. The second-order valence-corrected chi connectivity index (χ2v) is 11.9. The fraction of sp³-hybridized carbons (Fsp3) is 0.909. The van der Waals surface area contributed by atoms with Crippen LogP contribution in [0.2, 0.25) is 0 Å². The van der Waals surface area contributed by atoms with Crippen molar-refractivity contribution in [3.8, 4) is 0 Å². The predicted molar refractivity (Wildman–Crippen MR) is 115 cm³/mol. The van der Waals surface area contributed by atoms with E-state index < -0.39 is 83.5 Å². The van der Waals surface area contributed by atoms with Gasteiger partial charge in [0, 0.05) is 6.42 Å². The molecule has 0 aromatic heterocycles. The van der Waals surface area contributed by atoms with Crippen molar-refractivity contribution < 1.29 is 72.2 Å². The van der Waals surface area contributed by atoms with E-state index >= 15 is 0 Å². The van der Waals surface area contributed by atoms with Crippen molar-refractivity contribution in [2.75, 3.05) is 13.2 Å². The van der Waals surface area contributed by atoms with Crippen LogP contribution in [-0.4, -0.2) is 67.1 Å². The van der Waals surface area contributed by atoms with Crippen LogP contribution < -0.4 is 0 Å². The Labute approximate surface area is 219 Å². The van der Waals surface area contributed by atoms with Gasteiger partial charge < -0.3 is 18.9 Å². The van der Waals surface area contributed by atoms with Crippen molar-refractivity contribution in [3.63, 3.8) is 0 Å². The van der Waals surface area contributed by atoms with Gasteiger partial charge in [0.1, 0.15) is 5.60 Å². The third-order valence-electron chi connectivity index (χ3n) is 7.37. The summed E-state index contributed by atoms with van der Waals surface area (Å²) >= 11 is 0. The molecule has 4 rings (SSSR count). The molecule has 4 fully saturated rings. The summed E-state index contributed by atoms with van der Waals surface area (Å²) in [6, 6.07) is 0. The number of esters is 1. The number of rotatable bonds is 12. The Morgan fingerprint density at radius 2 is 1.44 bits per heavy atom. The molecule has 0 aromatic carbocycles. The fourth-order valence-corrected chi connectivity index (χ4v) is 6.56. The molecule has 1 unspecified atom stereocenters. The molecule has 4 bridgehead atoms. The molecular formula is C22H29F7O9S. The summed E-state index contributed by atoms with van der Waals surface area (Å²) in [5.74, 6) is -11.1. The number of unbranched alkanes of at least 4 members (excludes halogenated alkanes) is 1. The van der Waals surface area contributed by atoms with E-state index in [-0.39, 0.29) is 17.8 Å². The minimum Gasteiger partial charge on any atom is -0.461 e. The first-order chi connectivity index (χ1) is 17.8. The largest absolute Gasteiger partial charge is 0.512 e. The molecule has 1 N–H and O–H groups in total. The zero-order chi connectivity index (χ0) is 29.5. The molecule has 0 radical (unpaired) electrons. The number of carbonyl (C=O) groups excluding carboxylic acids is 2.